The zero-order valence-corrected chi connectivity index (χ0v) is 21.5. The molecule has 1 N–H and O–H groups in total. The van der Waals surface area contributed by atoms with Crippen LogP contribution in [-0.2, 0) is 30.3 Å². The van der Waals surface area contributed by atoms with Gasteiger partial charge in [-0.05, 0) is 52.4 Å². The molecule has 1 saturated heterocycles. The maximum absolute atomic E-state index is 12.5. The Bertz CT molecular complexity index is 903. The number of aliphatic hydroxyl groups is 1. The van der Waals surface area contributed by atoms with E-state index in [1.165, 1.54) is 0 Å². The molecule has 5 atom stereocenters. The van der Waals surface area contributed by atoms with Crippen LogP contribution in [0.3, 0.4) is 0 Å². The average Bonchev–Trinajstić information content (AvgIpc) is 2.83. The number of halogens is 1. The van der Waals surface area contributed by atoms with Crippen LogP contribution in [0, 0.1) is 9.49 Å². The van der Waals surface area contributed by atoms with Crippen LogP contribution in [0.4, 0.5) is 0 Å². The van der Waals surface area contributed by atoms with E-state index in [4.69, 9.17) is 23.7 Å². The molecule has 2 aromatic carbocycles. The molecular weight excluding hydrogens is 551 g/mol. The van der Waals surface area contributed by atoms with Gasteiger partial charge in [0.05, 0.1) is 25.7 Å². The van der Waals surface area contributed by atoms with E-state index in [1.807, 2.05) is 42.5 Å². The van der Waals surface area contributed by atoms with E-state index in [0.717, 1.165) is 9.13 Å². The fourth-order valence-electron chi connectivity index (χ4n) is 3.40. The first kappa shape index (κ1) is 26.6. The minimum Gasteiger partial charge on any atom is -0.461 e. The number of ether oxygens (including phenoxy) is 5. The molecule has 34 heavy (non-hydrogen) atoms. The molecule has 0 radical (unpaired) electrons. The second-order valence-corrected chi connectivity index (χ2v) is 9.49. The predicted octanol–water partition coefficient (Wildman–Crippen LogP) is 4.11. The fraction of sp³-hybridized carbons (Fsp3) is 0.423. The Morgan fingerprint density at radius 1 is 1.15 bits per heavy atom. The van der Waals surface area contributed by atoms with Crippen LogP contribution in [0.5, 0.6) is 5.75 Å². The summed E-state index contributed by atoms with van der Waals surface area (Å²) < 4.78 is 30.6. The molecule has 0 aromatic heterocycles. The second kappa shape index (κ2) is 13.2. The second-order valence-electron chi connectivity index (χ2n) is 8.25. The SMILES string of the molecule is C=CCO[C@H]1[C@H](O)[C@H](COCc2ccccc2)O[C@@H](Oc2ccc(I)cc2)[C@H]1OC(=O)C(C)C. The first-order valence-electron chi connectivity index (χ1n) is 11.2. The van der Waals surface area contributed by atoms with Gasteiger partial charge in [0.15, 0.2) is 6.10 Å². The summed E-state index contributed by atoms with van der Waals surface area (Å²) in [5.74, 6) is -0.273. The lowest BCUT2D eigenvalue weighted by Crippen LogP contribution is -2.62. The van der Waals surface area contributed by atoms with Crippen molar-refractivity contribution in [1.82, 2.24) is 0 Å². The van der Waals surface area contributed by atoms with E-state index in [0.29, 0.717) is 12.4 Å². The van der Waals surface area contributed by atoms with Crippen molar-refractivity contribution in [2.24, 2.45) is 5.92 Å². The van der Waals surface area contributed by atoms with E-state index in [1.54, 1.807) is 32.1 Å². The quantitative estimate of drug-likeness (QED) is 0.243. The van der Waals surface area contributed by atoms with Gasteiger partial charge in [-0.2, -0.15) is 0 Å². The van der Waals surface area contributed by atoms with Gasteiger partial charge in [0.1, 0.15) is 24.1 Å². The Morgan fingerprint density at radius 2 is 1.85 bits per heavy atom. The molecule has 0 unspecified atom stereocenters. The average molecular weight is 582 g/mol. The first-order chi connectivity index (χ1) is 16.4. The number of rotatable bonds is 11. The number of hydrogen-bond donors (Lipinski definition) is 1. The maximum Gasteiger partial charge on any atom is 0.308 e. The number of esters is 1. The monoisotopic (exact) mass is 582 g/mol. The third-order valence-corrected chi connectivity index (χ3v) is 5.93. The molecule has 1 heterocycles. The minimum absolute atomic E-state index is 0.0986. The topological polar surface area (TPSA) is 83.5 Å². The summed E-state index contributed by atoms with van der Waals surface area (Å²) in [6.07, 6.45) is -3.20. The Hall–Kier alpha value is -1.98. The van der Waals surface area contributed by atoms with Crippen molar-refractivity contribution in [3.05, 3.63) is 76.4 Å². The van der Waals surface area contributed by atoms with Crippen LogP contribution in [0.1, 0.15) is 19.4 Å². The number of aliphatic hydroxyl groups excluding tert-OH is 1. The van der Waals surface area contributed by atoms with E-state index in [9.17, 15) is 9.90 Å². The predicted molar refractivity (Wildman–Crippen MR) is 135 cm³/mol. The molecule has 184 valence electrons. The van der Waals surface area contributed by atoms with E-state index < -0.39 is 36.7 Å². The number of carbonyl (C=O) groups is 1. The molecule has 0 saturated carbocycles. The number of hydrogen-bond acceptors (Lipinski definition) is 7. The first-order valence-corrected chi connectivity index (χ1v) is 12.3. The molecule has 0 aliphatic carbocycles. The zero-order chi connectivity index (χ0) is 24.5. The molecule has 1 aliphatic heterocycles. The molecular formula is C26H31IO7. The van der Waals surface area contributed by atoms with Crippen molar-refractivity contribution in [2.75, 3.05) is 13.2 Å². The molecule has 1 fully saturated rings. The highest BCUT2D eigenvalue weighted by Crippen LogP contribution is 2.29. The summed E-state index contributed by atoms with van der Waals surface area (Å²) in [6, 6.07) is 17.1. The van der Waals surface area contributed by atoms with E-state index in [2.05, 4.69) is 29.2 Å². The lowest BCUT2D eigenvalue weighted by Gasteiger charge is -2.43. The van der Waals surface area contributed by atoms with Gasteiger partial charge in [-0.1, -0.05) is 50.3 Å². The van der Waals surface area contributed by atoms with Crippen LogP contribution in [0.15, 0.2) is 67.3 Å². The van der Waals surface area contributed by atoms with Crippen molar-refractivity contribution >= 4 is 28.6 Å². The van der Waals surface area contributed by atoms with Gasteiger partial charge >= 0.3 is 5.97 Å². The van der Waals surface area contributed by atoms with Crippen LogP contribution in [0.2, 0.25) is 0 Å². The van der Waals surface area contributed by atoms with Gasteiger partial charge in [0.2, 0.25) is 6.29 Å². The highest BCUT2D eigenvalue weighted by atomic mass is 127. The van der Waals surface area contributed by atoms with Crippen molar-refractivity contribution in [2.45, 2.75) is 51.2 Å². The van der Waals surface area contributed by atoms with Gasteiger partial charge in [0, 0.05) is 3.57 Å². The smallest absolute Gasteiger partial charge is 0.308 e. The summed E-state index contributed by atoms with van der Waals surface area (Å²) in [5, 5.41) is 11.1. The van der Waals surface area contributed by atoms with Gasteiger partial charge < -0.3 is 28.8 Å². The fourth-order valence-corrected chi connectivity index (χ4v) is 3.76. The summed E-state index contributed by atoms with van der Waals surface area (Å²) in [5.41, 5.74) is 1.00. The Morgan fingerprint density at radius 3 is 2.50 bits per heavy atom. The van der Waals surface area contributed by atoms with Crippen LogP contribution in [0.25, 0.3) is 0 Å². The Labute approximate surface area is 214 Å². The maximum atomic E-state index is 12.5. The summed E-state index contributed by atoms with van der Waals surface area (Å²) >= 11 is 2.20. The van der Waals surface area contributed by atoms with E-state index >= 15 is 0 Å². The largest absolute Gasteiger partial charge is 0.461 e. The zero-order valence-electron chi connectivity index (χ0n) is 19.3. The minimum atomic E-state index is -1.11. The van der Waals surface area contributed by atoms with Crippen molar-refractivity contribution in [1.29, 1.82) is 0 Å². The number of carbonyl (C=O) groups excluding carboxylic acids is 1. The lowest BCUT2D eigenvalue weighted by molar-refractivity contribution is -0.291. The third kappa shape index (κ3) is 7.51. The van der Waals surface area contributed by atoms with Crippen molar-refractivity contribution < 1.29 is 33.6 Å². The summed E-state index contributed by atoms with van der Waals surface area (Å²) in [6.45, 7) is 7.76. The molecule has 0 amide bonds. The summed E-state index contributed by atoms with van der Waals surface area (Å²) in [7, 11) is 0. The van der Waals surface area contributed by atoms with Gasteiger partial charge in [-0.25, -0.2) is 0 Å². The normalized spacial score (nSPS) is 24.6. The van der Waals surface area contributed by atoms with Crippen LogP contribution < -0.4 is 4.74 Å². The highest BCUT2D eigenvalue weighted by Gasteiger charge is 2.49. The molecule has 0 bridgehead atoms. The molecule has 1 aliphatic rings. The number of benzene rings is 2. The summed E-state index contributed by atoms with van der Waals surface area (Å²) in [4.78, 5) is 12.5. The highest BCUT2D eigenvalue weighted by molar-refractivity contribution is 14.1. The van der Waals surface area contributed by atoms with Gasteiger partial charge in [0.25, 0.3) is 0 Å². The standard InChI is InChI=1S/C26H31IO7/c1-4-14-31-23-22(28)21(16-30-15-18-8-6-5-7-9-18)33-26(24(23)34-25(29)17(2)3)32-20-12-10-19(27)11-13-20/h4-13,17,21-24,26,28H,1,14-16H2,2-3H3/t21-,22+,23-,24-,26+/m0/s1. The lowest BCUT2D eigenvalue weighted by atomic mass is 9.98. The Kier molecular flexibility index (Phi) is 10.3. The van der Waals surface area contributed by atoms with Gasteiger partial charge in [-0.15, -0.1) is 6.58 Å². The molecule has 7 nitrogen and oxygen atoms in total. The third-order valence-electron chi connectivity index (χ3n) is 5.21. The van der Waals surface area contributed by atoms with Crippen molar-refractivity contribution in [3.63, 3.8) is 0 Å². The van der Waals surface area contributed by atoms with Crippen molar-refractivity contribution in [3.8, 4) is 5.75 Å². The van der Waals surface area contributed by atoms with Gasteiger partial charge in [-0.3, -0.25) is 4.79 Å². The van der Waals surface area contributed by atoms with Crippen LogP contribution in [-0.4, -0.2) is 55.0 Å². The van der Waals surface area contributed by atoms with Crippen LogP contribution >= 0.6 is 22.6 Å². The molecule has 3 rings (SSSR count). The van der Waals surface area contributed by atoms with E-state index in [-0.39, 0.29) is 19.1 Å². The Balaban J connectivity index is 1.80. The molecule has 2 aromatic rings. The molecule has 0 spiro atoms. The molecule has 8 heteroatoms.